The van der Waals surface area contributed by atoms with Gasteiger partial charge in [0, 0.05) is 32.7 Å². The summed E-state index contributed by atoms with van der Waals surface area (Å²) in [6.07, 6.45) is 6.96. The summed E-state index contributed by atoms with van der Waals surface area (Å²) in [7, 11) is 4.02. The number of carbonyl (C=O) groups is 2. The SMILES string of the molecule is CC(=O)O.CC(=O)O.CNCc1nnc(SC[C@@H]2CCCN3CCCC[C@H]23)n1C. The van der Waals surface area contributed by atoms with Crippen molar-refractivity contribution in [3.05, 3.63) is 5.82 Å². The molecule has 1 aromatic rings. The fraction of sp³-hybridized carbons (Fsp3) is 0.789. The van der Waals surface area contributed by atoms with Crippen molar-refractivity contribution in [2.24, 2.45) is 13.0 Å². The molecule has 9 nitrogen and oxygen atoms in total. The third-order valence-corrected chi connectivity index (χ3v) is 6.12. The number of rotatable bonds is 5. The molecule has 166 valence electrons. The first kappa shape index (κ1) is 25.4. The Bertz CT molecular complexity index is 618. The molecule has 2 atom stereocenters. The van der Waals surface area contributed by atoms with Crippen molar-refractivity contribution in [3.63, 3.8) is 0 Å². The molecule has 2 saturated heterocycles. The average Bonchev–Trinajstić information content (AvgIpc) is 2.99. The van der Waals surface area contributed by atoms with Gasteiger partial charge in [-0.1, -0.05) is 18.2 Å². The quantitative estimate of drug-likeness (QED) is 0.604. The van der Waals surface area contributed by atoms with Gasteiger partial charge in [0.2, 0.25) is 0 Å². The summed E-state index contributed by atoms with van der Waals surface area (Å²) in [5, 5.41) is 27.7. The van der Waals surface area contributed by atoms with Crippen LogP contribution in [0.25, 0.3) is 0 Å². The Labute approximate surface area is 177 Å². The van der Waals surface area contributed by atoms with Crippen molar-refractivity contribution in [2.75, 3.05) is 25.9 Å². The second-order valence-corrected chi connectivity index (χ2v) is 8.33. The van der Waals surface area contributed by atoms with E-state index in [2.05, 4.69) is 32.0 Å². The highest BCUT2D eigenvalue weighted by Gasteiger charge is 2.33. The van der Waals surface area contributed by atoms with E-state index in [-0.39, 0.29) is 0 Å². The molecule has 10 heteroatoms. The summed E-state index contributed by atoms with van der Waals surface area (Å²) in [5.41, 5.74) is 0. The van der Waals surface area contributed by atoms with Crippen molar-refractivity contribution in [2.45, 2.75) is 63.7 Å². The smallest absolute Gasteiger partial charge is 0.300 e. The maximum absolute atomic E-state index is 9.00. The molecule has 0 spiro atoms. The van der Waals surface area contributed by atoms with Crippen LogP contribution in [0, 0.1) is 5.92 Å². The summed E-state index contributed by atoms with van der Waals surface area (Å²) in [6, 6.07) is 0.824. The molecule has 2 fully saturated rings. The number of nitrogens with zero attached hydrogens (tertiary/aromatic N) is 4. The summed E-state index contributed by atoms with van der Waals surface area (Å²) in [5.74, 6) is 1.36. The minimum absolute atomic E-state index is 0.782. The van der Waals surface area contributed by atoms with Crippen LogP contribution in [0.5, 0.6) is 0 Å². The van der Waals surface area contributed by atoms with Crippen LogP contribution in [0.3, 0.4) is 0 Å². The van der Waals surface area contributed by atoms with Crippen molar-refractivity contribution in [1.29, 1.82) is 0 Å². The van der Waals surface area contributed by atoms with Crippen LogP contribution in [0.15, 0.2) is 5.16 Å². The second-order valence-electron chi connectivity index (χ2n) is 7.34. The van der Waals surface area contributed by atoms with Crippen LogP contribution in [0.1, 0.15) is 51.8 Å². The molecule has 0 amide bonds. The van der Waals surface area contributed by atoms with E-state index in [1.54, 1.807) is 0 Å². The fourth-order valence-electron chi connectivity index (χ4n) is 3.74. The zero-order valence-electron chi connectivity index (χ0n) is 17.9. The van der Waals surface area contributed by atoms with E-state index in [1.807, 2.05) is 18.8 Å². The van der Waals surface area contributed by atoms with Crippen LogP contribution >= 0.6 is 11.8 Å². The Morgan fingerprint density at radius 1 is 1.10 bits per heavy atom. The molecular weight excluding hydrogens is 394 g/mol. The maximum atomic E-state index is 9.00. The van der Waals surface area contributed by atoms with Gasteiger partial charge in [0.15, 0.2) is 5.16 Å². The van der Waals surface area contributed by atoms with Gasteiger partial charge in [-0.05, 0) is 51.7 Å². The lowest BCUT2D eigenvalue weighted by molar-refractivity contribution is -0.135. The van der Waals surface area contributed by atoms with E-state index in [1.165, 1.54) is 50.9 Å². The minimum atomic E-state index is -0.833. The van der Waals surface area contributed by atoms with Crippen LogP contribution in [-0.4, -0.2) is 73.7 Å². The molecule has 3 N–H and O–H groups in total. The molecule has 0 bridgehead atoms. The first-order valence-corrected chi connectivity index (χ1v) is 11.0. The van der Waals surface area contributed by atoms with Gasteiger partial charge in [0.1, 0.15) is 5.82 Å². The van der Waals surface area contributed by atoms with Crippen LogP contribution in [0.2, 0.25) is 0 Å². The lowest BCUT2D eigenvalue weighted by atomic mass is 9.85. The molecule has 0 unspecified atom stereocenters. The van der Waals surface area contributed by atoms with Gasteiger partial charge in [-0.3, -0.25) is 9.59 Å². The molecule has 3 heterocycles. The molecule has 3 rings (SSSR count). The highest BCUT2D eigenvalue weighted by Crippen LogP contribution is 2.34. The van der Waals surface area contributed by atoms with Gasteiger partial charge in [-0.15, -0.1) is 10.2 Å². The Kier molecular flexibility index (Phi) is 11.9. The lowest BCUT2D eigenvalue weighted by Crippen LogP contribution is -2.48. The molecule has 0 aromatic carbocycles. The van der Waals surface area contributed by atoms with Gasteiger partial charge in [0.05, 0.1) is 6.54 Å². The van der Waals surface area contributed by atoms with Crippen molar-refractivity contribution in [3.8, 4) is 0 Å². The maximum Gasteiger partial charge on any atom is 0.300 e. The van der Waals surface area contributed by atoms with E-state index in [0.717, 1.165) is 43.3 Å². The number of carboxylic acid groups (broad SMARTS) is 2. The second kappa shape index (κ2) is 13.6. The molecule has 2 aliphatic rings. The number of hydrogen-bond donors (Lipinski definition) is 3. The molecular formula is C19H35N5O4S. The van der Waals surface area contributed by atoms with Gasteiger partial charge in [0.25, 0.3) is 11.9 Å². The Morgan fingerprint density at radius 3 is 2.34 bits per heavy atom. The molecule has 1 aromatic heterocycles. The largest absolute Gasteiger partial charge is 0.481 e. The molecule has 2 aliphatic heterocycles. The number of piperidine rings is 2. The predicted molar refractivity (Wildman–Crippen MR) is 113 cm³/mol. The number of fused-ring (bicyclic) bond motifs is 1. The molecule has 0 aliphatic carbocycles. The number of aromatic nitrogens is 3. The number of aliphatic carboxylic acids is 2. The Balaban J connectivity index is 0.000000452. The van der Waals surface area contributed by atoms with E-state index in [4.69, 9.17) is 19.8 Å². The van der Waals surface area contributed by atoms with Gasteiger partial charge >= 0.3 is 0 Å². The lowest BCUT2D eigenvalue weighted by Gasteiger charge is -2.44. The Hall–Kier alpha value is -1.65. The summed E-state index contributed by atoms with van der Waals surface area (Å²) >= 11 is 1.89. The zero-order valence-corrected chi connectivity index (χ0v) is 18.7. The highest BCUT2D eigenvalue weighted by molar-refractivity contribution is 7.99. The number of thioether (sulfide) groups is 1. The number of nitrogens with one attached hydrogen (secondary N) is 1. The first-order chi connectivity index (χ1) is 13.8. The van der Waals surface area contributed by atoms with E-state index < -0.39 is 11.9 Å². The molecule has 29 heavy (non-hydrogen) atoms. The number of carboxylic acids is 2. The van der Waals surface area contributed by atoms with Gasteiger partial charge in [-0.25, -0.2) is 0 Å². The highest BCUT2D eigenvalue weighted by atomic mass is 32.2. The van der Waals surface area contributed by atoms with Crippen LogP contribution in [0.4, 0.5) is 0 Å². The monoisotopic (exact) mass is 429 g/mol. The van der Waals surface area contributed by atoms with Crippen LogP contribution in [-0.2, 0) is 23.2 Å². The number of hydrogen-bond acceptors (Lipinski definition) is 7. The summed E-state index contributed by atoms with van der Waals surface area (Å²) in [4.78, 5) is 20.7. The van der Waals surface area contributed by atoms with E-state index in [0.29, 0.717) is 0 Å². The standard InChI is InChI=1S/C15H27N5S.2C2H4O2/c1-16-10-14-17-18-15(19(14)2)21-11-12-6-5-9-20-8-4-3-7-13(12)20;2*1-2(3)4/h12-13,16H,3-11H2,1-2H3;2*1H3,(H,3,4)/t12-,13+;;/m0../s1. The summed E-state index contributed by atoms with van der Waals surface area (Å²) in [6.45, 7) is 5.59. The van der Waals surface area contributed by atoms with E-state index >= 15 is 0 Å². The van der Waals surface area contributed by atoms with Crippen LogP contribution < -0.4 is 5.32 Å². The van der Waals surface area contributed by atoms with Gasteiger partial charge < -0.3 is 25.0 Å². The topological polar surface area (TPSA) is 121 Å². The fourth-order valence-corrected chi connectivity index (χ4v) is 4.89. The van der Waals surface area contributed by atoms with Crippen molar-refractivity contribution < 1.29 is 19.8 Å². The zero-order chi connectivity index (χ0) is 21.8. The molecule has 0 radical (unpaired) electrons. The predicted octanol–water partition coefficient (Wildman–Crippen LogP) is 2.07. The van der Waals surface area contributed by atoms with Crippen molar-refractivity contribution >= 4 is 23.7 Å². The Morgan fingerprint density at radius 2 is 1.72 bits per heavy atom. The summed E-state index contributed by atoms with van der Waals surface area (Å²) < 4.78 is 2.13. The third-order valence-electron chi connectivity index (χ3n) is 4.92. The molecule has 0 saturated carbocycles. The van der Waals surface area contributed by atoms with Gasteiger partial charge in [-0.2, -0.15) is 0 Å². The third kappa shape index (κ3) is 9.60. The van der Waals surface area contributed by atoms with E-state index in [9.17, 15) is 0 Å². The average molecular weight is 430 g/mol. The minimum Gasteiger partial charge on any atom is -0.481 e. The first-order valence-electron chi connectivity index (χ1n) is 10.0. The normalized spacial score (nSPS) is 21.1. The van der Waals surface area contributed by atoms with Crippen molar-refractivity contribution in [1.82, 2.24) is 25.0 Å².